The summed E-state index contributed by atoms with van der Waals surface area (Å²) in [4.78, 5) is 38.4. The first-order chi connectivity index (χ1) is 14.7. The van der Waals surface area contributed by atoms with Gasteiger partial charge in [0.15, 0.2) is 5.13 Å². The molecule has 0 spiro atoms. The molecule has 1 unspecified atom stereocenters. The summed E-state index contributed by atoms with van der Waals surface area (Å²) in [5.41, 5.74) is 2.34. The molecule has 0 aliphatic carbocycles. The van der Waals surface area contributed by atoms with Crippen molar-refractivity contribution in [3.8, 4) is 0 Å². The fourth-order valence-corrected chi connectivity index (χ4v) is 4.64. The van der Waals surface area contributed by atoms with Gasteiger partial charge in [0, 0.05) is 48.2 Å². The van der Waals surface area contributed by atoms with E-state index in [1.807, 2.05) is 40.6 Å². The molecule has 8 heteroatoms. The molecule has 0 radical (unpaired) electrons. The summed E-state index contributed by atoms with van der Waals surface area (Å²) in [6.45, 7) is 3.92. The van der Waals surface area contributed by atoms with Crippen molar-refractivity contribution in [1.82, 2.24) is 19.8 Å². The maximum Gasteiger partial charge on any atom is 0.258 e. The van der Waals surface area contributed by atoms with Crippen LogP contribution in [-0.4, -0.2) is 64.3 Å². The Bertz CT molecular complexity index is 1080. The molecular weight excluding hydrogens is 398 g/mol. The Morgan fingerprint density at radius 3 is 2.83 bits per heavy atom. The first kappa shape index (κ1) is 19.1. The van der Waals surface area contributed by atoms with Crippen molar-refractivity contribution in [3.05, 3.63) is 53.2 Å². The van der Waals surface area contributed by atoms with E-state index in [2.05, 4.69) is 15.2 Å². The quantitative estimate of drug-likeness (QED) is 0.685. The standard InChI is InChI=1S/C22H23N5O2S/c28-20(27-8-3-9-27)14-26-10-6-15(13-26)19-12-17(16-4-1-2-5-18(16)24-19)21(29)25-22-23-7-11-30-22/h1-2,4-5,7,11-12,15H,3,6,8-10,13-14H2,(H,23,25,29). The van der Waals surface area contributed by atoms with Gasteiger partial charge >= 0.3 is 0 Å². The number of likely N-dealkylation sites (tertiary alicyclic amines) is 2. The number of para-hydroxylation sites is 1. The first-order valence-electron chi connectivity index (χ1n) is 10.3. The van der Waals surface area contributed by atoms with E-state index in [4.69, 9.17) is 4.98 Å². The lowest BCUT2D eigenvalue weighted by Gasteiger charge is -2.32. The number of benzene rings is 1. The van der Waals surface area contributed by atoms with Gasteiger partial charge in [-0.3, -0.25) is 24.8 Å². The molecule has 2 aliphatic heterocycles. The number of anilines is 1. The summed E-state index contributed by atoms with van der Waals surface area (Å²) >= 11 is 1.39. The van der Waals surface area contributed by atoms with E-state index in [1.165, 1.54) is 11.3 Å². The molecule has 0 bridgehead atoms. The monoisotopic (exact) mass is 421 g/mol. The Balaban J connectivity index is 1.38. The minimum atomic E-state index is -0.174. The summed E-state index contributed by atoms with van der Waals surface area (Å²) in [6.07, 6.45) is 3.72. The molecular formula is C22H23N5O2S. The van der Waals surface area contributed by atoms with Crippen LogP contribution in [0.15, 0.2) is 41.9 Å². The van der Waals surface area contributed by atoms with Crippen LogP contribution < -0.4 is 5.32 Å². The number of carbonyl (C=O) groups excluding carboxylic acids is 2. The van der Waals surface area contributed by atoms with Crippen molar-refractivity contribution < 1.29 is 9.59 Å². The SMILES string of the molecule is O=C(Nc1nccs1)c1cc(C2CCN(CC(=O)N3CCC3)C2)nc2ccccc12. The molecule has 2 amide bonds. The van der Waals surface area contributed by atoms with Gasteiger partial charge in [-0.2, -0.15) is 0 Å². The molecule has 0 saturated carbocycles. The van der Waals surface area contributed by atoms with Gasteiger partial charge in [0.1, 0.15) is 0 Å². The van der Waals surface area contributed by atoms with Crippen molar-refractivity contribution in [1.29, 1.82) is 0 Å². The average molecular weight is 422 g/mol. The van der Waals surface area contributed by atoms with Crippen LogP contribution in [0, 0.1) is 0 Å². The minimum Gasteiger partial charge on any atom is -0.341 e. The van der Waals surface area contributed by atoms with Crippen LogP contribution in [0.4, 0.5) is 5.13 Å². The highest BCUT2D eigenvalue weighted by molar-refractivity contribution is 7.13. The van der Waals surface area contributed by atoms with Crippen molar-refractivity contribution in [3.63, 3.8) is 0 Å². The molecule has 1 atom stereocenters. The summed E-state index contributed by atoms with van der Waals surface area (Å²) in [6, 6.07) is 9.64. The summed E-state index contributed by atoms with van der Waals surface area (Å²) in [5.74, 6) is 0.259. The number of rotatable bonds is 5. The molecule has 1 aromatic carbocycles. The van der Waals surface area contributed by atoms with Gasteiger partial charge < -0.3 is 4.90 Å². The van der Waals surface area contributed by atoms with Gasteiger partial charge in [0.25, 0.3) is 5.91 Å². The minimum absolute atomic E-state index is 0.174. The third-order valence-corrected chi connectivity index (χ3v) is 6.58. The number of fused-ring (bicyclic) bond motifs is 1. The predicted octanol–water partition coefficient (Wildman–Crippen LogP) is 2.97. The number of amides is 2. The maximum absolute atomic E-state index is 13.0. The highest BCUT2D eigenvalue weighted by Gasteiger charge is 2.30. The van der Waals surface area contributed by atoms with Crippen LogP contribution in [0.25, 0.3) is 10.9 Å². The number of carbonyl (C=O) groups is 2. The van der Waals surface area contributed by atoms with Crippen molar-refractivity contribution in [2.75, 3.05) is 38.0 Å². The first-order valence-corrected chi connectivity index (χ1v) is 11.2. The van der Waals surface area contributed by atoms with E-state index in [1.54, 1.807) is 6.20 Å². The predicted molar refractivity (Wildman–Crippen MR) is 117 cm³/mol. The zero-order valence-electron chi connectivity index (χ0n) is 16.6. The number of thiazole rings is 1. The zero-order valence-corrected chi connectivity index (χ0v) is 17.4. The lowest BCUT2D eigenvalue weighted by molar-refractivity contribution is -0.135. The summed E-state index contributed by atoms with van der Waals surface area (Å²) in [5, 5.41) is 6.14. The fourth-order valence-electron chi connectivity index (χ4n) is 4.12. The molecule has 2 fully saturated rings. The van der Waals surface area contributed by atoms with Crippen LogP contribution in [0.1, 0.15) is 34.8 Å². The number of hydrogen-bond acceptors (Lipinski definition) is 6. The molecule has 2 saturated heterocycles. The Morgan fingerprint density at radius 2 is 2.07 bits per heavy atom. The molecule has 7 nitrogen and oxygen atoms in total. The lowest BCUT2D eigenvalue weighted by Crippen LogP contribution is -2.46. The van der Waals surface area contributed by atoms with Gasteiger partial charge in [0.05, 0.1) is 17.6 Å². The second kappa shape index (κ2) is 8.12. The third kappa shape index (κ3) is 3.80. The number of nitrogens with zero attached hydrogens (tertiary/aromatic N) is 4. The Hall–Kier alpha value is -2.84. The molecule has 30 heavy (non-hydrogen) atoms. The Morgan fingerprint density at radius 1 is 1.20 bits per heavy atom. The lowest BCUT2D eigenvalue weighted by atomic mass is 9.99. The Labute approximate surface area is 178 Å². The molecule has 2 aliphatic rings. The van der Waals surface area contributed by atoms with E-state index >= 15 is 0 Å². The van der Waals surface area contributed by atoms with E-state index in [-0.39, 0.29) is 17.7 Å². The number of pyridine rings is 1. The van der Waals surface area contributed by atoms with E-state index in [9.17, 15) is 9.59 Å². The zero-order chi connectivity index (χ0) is 20.5. The second-order valence-corrected chi connectivity index (χ2v) is 8.75. The topological polar surface area (TPSA) is 78.4 Å². The van der Waals surface area contributed by atoms with Crippen molar-refractivity contribution in [2.24, 2.45) is 0 Å². The average Bonchev–Trinajstić information content (AvgIpc) is 3.38. The summed E-state index contributed by atoms with van der Waals surface area (Å²) < 4.78 is 0. The molecule has 4 heterocycles. The third-order valence-electron chi connectivity index (χ3n) is 5.89. The van der Waals surface area contributed by atoms with Crippen LogP contribution in [0.5, 0.6) is 0 Å². The molecule has 2 aromatic heterocycles. The van der Waals surface area contributed by atoms with Gasteiger partial charge in [-0.15, -0.1) is 11.3 Å². The highest BCUT2D eigenvalue weighted by atomic mass is 32.1. The summed E-state index contributed by atoms with van der Waals surface area (Å²) in [7, 11) is 0. The van der Waals surface area contributed by atoms with Gasteiger partial charge in [0.2, 0.25) is 5.91 Å². The van der Waals surface area contributed by atoms with E-state index in [0.717, 1.165) is 55.6 Å². The maximum atomic E-state index is 13.0. The highest BCUT2D eigenvalue weighted by Crippen LogP contribution is 2.30. The number of nitrogens with one attached hydrogen (secondary N) is 1. The van der Waals surface area contributed by atoms with E-state index in [0.29, 0.717) is 17.2 Å². The Kier molecular flexibility index (Phi) is 5.18. The second-order valence-electron chi connectivity index (χ2n) is 7.86. The van der Waals surface area contributed by atoms with Crippen LogP contribution in [-0.2, 0) is 4.79 Å². The van der Waals surface area contributed by atoms with Crippen LogP contribution in [0.2, 0.25) is 0 Å². The largest absolute Gasteiger partial charge is 0.341 e. The van der Waals surface area contributed by atoms with E-state index < -0.39 is 0 Å². The molecule has 1 N–H and O–H groups in total. The molecule has 3 aromatic rings. The number of hydrogen-bond donors (Lipinski definition) is 1. The van der Waals surface area contributed by atoms with Crippen LogP contribution >= 0.6 is 11.3 Å². The van der Waals surface area contributed by atoms with Gasteiger partial charge in [-0.25, -0.2) is 4.98 Å². The van der Waals surface area contributed by atoms with Crippen molar-refractivity contribution in [2.45, 2.75) is 18.8 Å². The molecule has 5 rings (SSSR count). The van der Waals surface area contributed by atoms with Crippen LogP contribution in [0.3, 0.4) is 0 Å². The van der Waals surface area contributed by atoms with Crippen molar-refractivity contribution >= 4 is 39.2 Å². The fraction of sp³-hybridized carbons (Fsp3) is 0.364. The molecule has 154 valence electrons. The normalized spacial score (nSPS) is 19.1. The number of aromatic nitrogens is 2. The van der Waals surface area contributed by atoms with Gasteiger partial charge in [-0.1, -0.05) is 18.2 Å². The smallest absolute Gasteiger partial charge is 0.258 e. The van der Waals surface area contributed by atoms with Gasteiger partial charge in [-0.05, 0) is 31.5 Å².